The second-order valence-electron chi connectivity index (χ2n) is 7.27. The van der Waals surface area contributed by atoms with E-state index in [1.165, 1.54) is 43.6 Å². The topological polar surface area (TPSA) is 15.3 Å². The van der Waals surface area contributed by atoms with Crippen LogP contribution in [0.3, 0.4) is 0 Å². The van der Waals surface area contributed by atoms with Crippen molar-refractivity contribution in [1.29, 1.82) is 0 Å². The largest absolute Gasteiger partial charge is 0.371 e. The molecule has 0 aromatic heterocycles. The first-order chi connectivity index (χ1) is 9.89. The first kappa shape index (κ1) is 16.6. The van der Waals surface area contributed by atoms with Gasteiger partial charge in [0.1, 0.15) is 0 Å². The minimum absolute atomic E-state index is 0.115. The highest BCUT2D eigenvalue weighted by atomic mass is 35.5. The van der Waals surface area contributed by atoms with Crippen LogP contribution in [-0.4, -0.2) is 18.6 Å². The summed E-state index contributed by atoms with van der Waals surface area (Å²) >= 11 is 6.47. The summed E-state index contributed by atoms with van der Waals surface area (Å²) < 4.78 is 0. The molecule has 1 atom stereocenters. The van der Waals surface area contributed by atoms with E-state index < -0.39 is 0 Å². The van der Waals surface area contributed by atoms with Gasteiger partial charge in [-0.2, -0.15) is 0 Å². The van der Waals surface area contributed by atoms with Crippen LogP contribution in [0.4, 0.5) is 5.69 Å². The number of benzene rings is 1. The van der Waals surface area contributed by atoms with Crippen LogP contribution < -0.4 is 10.2 Å². The molecular weight excluding hydrogens is 280 g/mol. The van der Waals surface area contributed by atoms with Crippen LogP contribution in [0.15, 0.2) is 18.2 Å². The molecule has 1 unspecified atom stereocenters. The summed E-state index contributed by atoms with van der Waals surface area (Å²) in [5, 5.41) is 4.37. The highest BCUT2D eigenvalue weighted by Crippen LogP contribution is 2.29. The summed E-state index contributed by atoms with van der Waals surface area (Å²) in [6.07, 6.45) is 3.95. The van der Waals surface area contributed by atoms with Crippen molar-refractivity contribution in [2.24, 2.45) is 5.92 Å². The van der Waals surface area contributed by atoms with Crippen molar-refractivity contribution in [2.45, 2.75) is 59.0 Å². The number of nitrogens with zero attached hydrogens (tertiary/aromatic N) is 1. The second-order valence-corrected chi connectivity index (χ2v) is 7.68. The predicted octanol–water partition coefficient (Wildman–Crippen LogP) is 4.85. The lowest BCUT2D eigenvalue weighted by Crippen LogP contribution is -2.35. The second kappa shape index (κ2) is 7.02. The van der Waals surface area contributed by atoms with Crippen molar-refractivity contribution < 1.29 is 0 Å². The Hall–Kier alpha value is -0.730. The Morgan fingerprint density at radius 2 is 2.10 bits per heavy atom. The number of rotatable bonds is 5. The summed E-state index contributed by atoms with van der Waals surface area (Å²) in [6, 6.07) is 6.53. The Morgan fingerprint density at radius 3 is 2.71 bits per heavy atom. The molecule has 0 spiro atoms. The molecule has 0 radical (unpaired) electrons. The number of anilines is 1. The van der Waals surface area contributed by atoms with Crippen LogP contribution >= 0.6 is 11.6 Å². The molecule has 0 bridgehead atoms. The van der Waals surface area contributed by atoms with Crippen LogP contribution in [0.5, 0.6) is 0 Å². The van der Waals surface area contributed by atoms with Crippen LogP contribution in [0.25, 0.3) is 0 Å². The first-order valence-electron chi connectivity index (χ1n) is 8.17. The zero-order valence-corrected chi connectivity index (χ0v) is 14.6. The lowest BCUT2D eigenvalue weighted by molar-refractivity contribution is 0.424. The molecule has 2 nitrogen and oxygen atoms in total. The minimum atomic E-state index is 0.115. The Balaban J connectivity index is 1.99. The number of hydrogen-bond donors (Lipinski definition) is 1. The van der Waals surface area contributed by atoms with E-state index in [0.717, 1.165) is 17.5 Å². The van der Waals surface area contributed by atoms with Gasteiger partial charge in [0.15, 0.2) is 0 Å². The van der Waals surface area contributed by atoms with Gasteiger partial charge in [-0.05, 0) is 57.2 Å². The molecule has 1 aromatic rings. The van der Waals surface area contributed by atoms with E-state index in [9.17, 15) is 0 Å². The van der Waals surface area contributed by atoms with Gasteiger partial charge in [-0.1, -0.05) is 31.0 Å². The van der Waals surface area contributed by atoms with E-state index in [4.69, 9.17) is 11.6 Å². The summed E-state index contributed by atoms with van der Waals surface area (Å²) in [4.78, 5) is 2.48. The monoisotopic (exact) mass is 308 g/mol. The molecular formula is C18H29ClN2. The molecule has 1 saturated heterocycles. The maximum atomic E-state index is 6.47. The average Bonchev–Trinajstić information content (AvgIpc) is 2.85. The van der Waals surface area contributed by atoms with Crippen molar-refractivity contribution in [1.82, 2.24) is 5.32 Å². The Morgan fingerprint density at radius 1 is 1.33 bits per heavy atom. The highest BCUT2D eigenvalue weighted by molar-refractivity contribution is 6.31. The van der Waals surface area contributed by atoms with Crippen LogP contribution in [0, 0.1) is 5.92 Å². The molecule has 3 heteroatoms. The Labute approximate surface area is 134 Å². The van der Waals surface area contributed by atoms with Gasteiger partial charge in [-0.25, -0.2) is 0 Å². The molecule has 2 rings (SSSR count). The average molecular weight is 309 g/mol. The number of hydrogen-bond acceptors (Lipinski definition) is 2. The normalized spacial score (nSPS) is 19.3. The van der Waals surface area contributed by atoms with E-state index in [-0.39, 0.29) is 5.54 Å². The standard InChI is InChI=1S/C18H29ClN2/c1-5-6-14-9-10-21(13-14)16-8-7-15(17(19)11-16)12-20-18(2,3)4/h7-8,11,14,20H,5-6,9-10,12-13H2,1-4H3. The van der Waals surface area contributed by atoms with Gasteiger partial charge in [0.25, 0.3) is 0 Å². The summed E-state index contributed by atoms with van der Waals surface area (Å²) in [5.74, 6) is 0.857. The van der Waals surface area contributed by atoms with Gasteiger partial charge in [0.05, 0.1) is 0 Å². The van der Waals surface area contributed by atoms with Crippen LogP contribution in [0.2, 0.25) is 5.02 Å². The van der Waals surface area contributed by atoms with Crippen molar-refractivity contribution in [2.75, 3.05) is 18.0 Å². The third-order valence-electron chi connectivity index (χ3n) is 4.19. The highest BCUT2D eigenvalue weighted by Gasteiger charge is 2.22. The lowest BCUT2D eigenvalue weighted by atomic mass is 10.0. The van der Waals surface area contributed by atoms with Crippen molar-refractivity contribution in [3.63, 3.8) is 0 Å². The molecule has 1 aliphatic heterocycles. The summed E-state index contributed by atoms with van der Waals surface area (Å²) in [6.45, 7) is 12.0. The maximum Gasteiger partial charge on any atom is 0.0471 e. The summed E-state index contributed by atoms with van der Waals surface area (Å²) in [7, 11) is 0. The Bertz CT molecular complexity index is 465. The molecule has 0 aliphatic carbocycles. The molecule has 118 valence electrons. The minimum Gasteiger partial charge on any atom is -0.371 e. The zero-order chi connectivity index (χ0) is 15.5. The van der Waals surface area contributed by atoms with Gasteiger partial charge in [-0.15, -0.1) is 0 Å². The van der Waals surface area contributed by atoms with E-state index in [2.05, 4.69) is 56.1 Å². The molecule has 1 N–H and O–H groups in total. The first-order valence-corrected chi connectivity index (χ1v) is 8.55. The molecule has 0 saturated carbocycles. The third kappa shape index (κ3) is 4.89. The van der Waals surface area contributed by atoms with E-state index >= 15 is 0 Å². The van der Waals surface area contributed by atoms with E-state index in [1.54, 1.807) is 0 Å². The maximum absolute atomic E-state index is 6.47. The Kier molecular flexibility index (Phi) is 5.56. The van der Waals surface area contributed by atoms with Crippen LogP contribution in [0.1, 0.15) is 52.5 Å². The SMILES string of the molecule is CCCC1CCN(c2ccc(CNC(C)(C)C)c(Cl)c2)C1. The van der Waals surface area contributed by atoms with E-state index in [1.807, 2.05) is 0 Å². The molecule has 0 amide bonds. The van der Waals surface area contributed by atoms with Crippen molar-refractivity contribution in [3.8, 4) is 0 Å². The van der Waals surface area contributed by atoms with Gasteiger partial charge < -0.3 is 10.2 Å². The fourth-order valence-corrected chi connectivity index (χ4v) is 3.19. The van der Waals surface area contributed by atoms with Gasteiger partial charge in [-0.3, -0.25) is 0 Å². The number of nitrogens with one attached hydrogen (secondary N) is 1. The van der Waals surface area contributed by atoms with Gasteiger partial charge in [0.2, 0.25) is 0 Å². The smallest absolute Gasteiger partial charge is 0.0471 e. The van der Waals surface area contributed by atoms with Crippen LogP contribution in [-0.2, 0) is 6.54 Å². The predicted molar refractivity (Wildman–Crippen MR) is 93.3 cm³/mol. The fourth-order valence-electron chi connectivity index (χ4n) is 2.95. The molecule has 1 fully saturated rings. The molecule has 1 aromatic carbocycles. The third-order valence-corrected chi connectivity index (χ3v) is 4.55. The van der Waals surface area contributed by atoms with Crippen molar-refractivity contribution >= 4 is 17.3 Å². The summed E-state index contributed by atoms with van der Waals surface area (Å²) in [5.41, 5.74) is 2.57. The lowest BCUT2D eigenvalue weighted by Gasteiger charge is -2.22. The quantitative estimate of drug-likeness (QED) is 0.836. The van der Waals surface area contributed by atoms with E-state index in [0.29, 0.717) is 0 Å². The fraction of sp³-hybridized carbons (Fsp3) is 0.667. The van der Waals surface area contributed by atoms with Crippen molar-refractivity contribution in [3.05, 3.63) is 28.8 Å². The molecule has 21 heavy (non-hydrogen) atoms. The molecule has 1 aliphatic rings. The molecule has 1 heterocycles. The zero-order valence-electron chi connectivity index (χ0n) is 13.9. The van der Waals surface area contributed by atoms with Gasteiger partial charge >= 0.3 is 0 Å². The van der Waals surface area contributed by atoms with Gasteiger partial charge in [0, 0.05) is 35.9 Å². The number of halogens is 1.